The lowest BCUT2D eigenvalue weighted by Crippen LogP contribution is -2.29. The molecule has 0 amide bonds. The van der Waals surface area contributed by atoms with Crippen LogP contribution in [-0.2, 0) is 0 Å². The molecule has 19 heavy (non-hydrogen) atoms. The van der Waals surface area contributed by atoms with E-state index in [0.29, 0.717) is 0 Å². The summed E-state index contributed by atoms with van der Waals surface area (Å²) in [5.74, 6) is 5.76. The Kier molecular flexibility index (Phi) is 3.61. The SMILES string of the molecule is NNC(c1ncccc1Br)c1cccc2ccsc12. The van der Waals surface area contributed by atoms with Gasteiger partial charge in [-0.2, -0.15) is 0 Å². The maximum absolute atomic E-state index is 5.76. The van der Waals surface area contributed by atoms with Crippen molar-refractivity contribution in [1.29, 1.82) is 0 Å². The molecule has 3 rings (SSSR count). The zero-order valence-corrected chi connectivity index (χ0v) is 12.4. The Balaban J connectivity index is 2.18. The number of nitrogens with one attached hydrogen (secondary N) is 1. The molecule has 1 aromatic carbocycles. The Labute approximate surface area is 123 Å². The van der Waals surface area contributed by atoms with E-state index in [2.05, 4.69) is 49.9 Å². The van der Waals surface area contributed by atoms with Crippen molar-refractivity contribution in [3.8, 4) is 0 Å². The molecule has 1 atom stereocenters. The zero-order valence-electron chi connectivity index (χ0n) is 10.0. The van der Waals surface area contributed by atoms with Crippen molar-refractivity contribution in [2.45, 2.75) is 6.04 Å². The van der Waals surface area contributed by atoms with Crippen LogP contribution in [0.4, 0.5) is 0 Å². The number of hydrogen-bond acceptors (Lipinski definition) is 4. The van der Waals surface area contributed by atoms with Crippen LogP contribution in [0.15, 0.2) is 52.4 Å². The van der Waals surface area contributed by atoms with E-state index < -0.39 is 0 Å². The molecule has 0 aliphatic carbocycles. The normalized spacial score (nSPS) is 12.7. The number of halogens is 1. The average molecular weight is 334 g/mol. The standard InChI is InChI=1S/C14H12BrN3S/c15-11-5-2-7-17-13(11)12(18-16)10-4-1-3-9-6-8-19-14(9)10/h1-8,12,18H,16H2. The number of thiophene rings is 1. The molecule has 1 unspecified atom stereocenters. The minimum absolute atomic E-state index is 0.127. The Morgan fingerprint density at radius 2 is 2.11 bits per heavy atom. The molecule has 0 radical (unpaired) electrons. The van der Waals surface area contributed by atoms with Gasteiger partial charge in [-0.05, 0) is 50.5 Å². The number of hydrogen-bond donors (Lipinski definition) is 2. The summed E-state index contributed by atoms with van der Waals surface area (Å²) in [5, 5.41) is 3.32. The number of nitrogens with zero attached hydrogens (tertiary/aromatic N) is 1. The zero-order chi connectivity index (χ0) is 13.2. The van der Waals surface area contributed by atoms with E-state index in [1.54, 1.807) is 17.5 Å². The smallest absolute Gasteiger partial charge is 0.0906 e. The third-order valence-corrected chi connectivity index (χ3v) is 4.70. The maximum atomic E-state index is 5.76. The van der Waals surface area contributed by atoms with Gasteiger partial charge in [-0.15, -0.1) is 11.3 Å². The second-order valence-electron chi connectivity index (χ2n) is 4.16. The Bertz CT molecular complexity index is 710. The predicted octanol–water partition coefficient (Wildman–Crippen LogP) is 3.61. The van der Waals surface area contributed by atoms with Gasteiger partial charge in [0.05, 0.1) is 11.7 Å². The minimum Gasteiger partial charge on any atom is -0.271 e. The van der Waals surface area contributed by atoms with Crippen molar-refractivity contribution < 1.29 is 0 Å². The van der Waals surface area contributed by atoms with Crippen molar-refractivity contribution in [2.75, 3.05) is 0 Å². The van der Waals surface area contributed by atoms with E-state index in [-0.39, 0.29) is 6.04 Å². The van der Waals surface area contributed by atoms with Gasteiger partial charge in [-0.3, -0.25) is 10.8 Å². The second kappa shape index (κ2) is 5.38. The van der Waals surface area contributed by atoms with Crippen LogP contribution in [0, 0.1) is 0 Å². The lowest BCUT2D eigenvalue weighted by molar-refractivity contribution is 0.622. The maximum Gasteiger partial charge on any atom is 0.0906 e. The highest BCUT2D eigenvalue weighted by Crippen LogP contribution is 2.33. The number of nitrogens with two attached hydrogens (primary N) is 1. The van der Waals surface area contributed by atoms with Crippen molar-refractivity contribution in [1.82, 2.24) is 10.4 Å². The molecule has 5 heteroatoms. The average Bonchev–Trinajstić information content (AvgIpc) is 2.91. The van der Waals surface area contributed by atoms with E-state index in [4.69, 9.17) is 5.84 Å². The van der Waals surface area contributed by atoms with E-state index >= 15 is 0 Å². The lowest BCUT2D eigenvalue weighted by atomic mass is 10.0. The molecule has 2 heterocycles. The number of rotatable bonds is 3. The van der Waals surface area contributed by atoms with Crippen molar-refractivity contribution in [3.63, 3.8) is 0 Å². The van der Waals surface area contributed by atoms with Crippen LogP contribution in [0.3, 0.4) is 0 Å². The van der Waals surface area contributed by atoms with Crippen LogP contribution in [0.1, 0.15) is 17.3 Å². The first-order chi connectivity index (χ1) is 9.31. The largest absolute Gasteiger partial charge is 0.271 e. The fourth-order valence-corrected chi connectivity index (χ4v) is 3.60. The van der Waals surface area contributed by atoms with E-state index in [1.165, 1.54) is 10.1 Å². The Morgan fingerprint density at radius 1 is 1.21 bits per heavy atom. The Morgan fingerprint density at radius 3 is 2.89 bits per heavy atom. The van der Waals surface area contributed by atoms with E-state index in [0.717, 1.165) is 15.7 Å². The molecule has 3 N–H and O–H groups in total. The van der Waals surface area contributed by atoms with Crippen LogP contribution < -0.4 is 11.3 Å². The summed E-state index contributed by atoms with van der Waals surface area (Å²) in [6.45, 7) is 0. The molecule has 96 valence electrons. The first-order valence-electron chi connectivity index (χ1n) is 5.84. The van der Waals surface area contributed by atoms with Crippen molar-refractivity contribution in [2.24, 2.45) is 5.84 Å². The molecule has 0 saturated heterocycles. The molecule has 0 bridgehead atoms. The Hall–Kier alpha value is -1.27. The third-order valence-electron chi connectivity index (χ3n) is 3.05. The fraction of sp³-hybridized carbons (Fsp3) is 0.0714. The summed E-state index contributed by atoms with van der Waals surface area (Å²) < 4.78 is 2.19. The van der Waals surface area contributed by atoms with Gasteiger partial charge in [0.2, 0.25) is 0 Å². The summed E-state index contributed by atoms with van der Waals surface area (Å²) in [7, 11) is 0. The highest BCUT2D eigenvalue weighted by molar-refractivity contribution is 9.10. The molecular weight excluding hydrogens is 322 g/mol. The van der Waals surface area contributed by atoms with Gasteiger partial charge in [-0.1, -0.05) is 18.2 Å². The van der Waals surface area contributed by atoms with Crippen molar-refractivity contribution >= 4 is 37.4 Å². The lowest BCUT2D eigenvalue weighted by Gasteiger charge is -2.17. The van der Waals surface area contributed by atoms with Gasteiger partial charge in [0.15, 0.2) is 0 Å². The number of aromatic nitrogens is 1. The molecule has 0 saturated carbocycles. The molecule has 0 aliphatic rings. The number of pyridine rings is 1. The topological polar surface area (TPSA) is 50.9 Å². The third kappa shape index (κ3) is 2.30. The summed E-state index contributed by atoms with van der Waals surface area (Å²) >= 11 is 5.25. The highest BCUT2D eigenvalue weighted by atomic mass is 79.9. The van der Waals surface area contributed by atoms with Crippen LogP contribution in [0.5, 0.6) is 0 Å². The van der Waals surface area contributed by atoms with Crippen LogP contribution in [0.2, 0.25) is 0 Å². The van der Waals surface area contributed by atoms with Gasteiger partial charge in [0.25, 0.3) is 0 Å². The second-order valence-corrected chi connectivity index (χ2v) is 5.93. The number of hydrazine groups is 1. The van der Waals surface area contributed by atoms with Crippen LogP contribution in [-0.4, -0.2) is 4.98 Å². The summed E-state index contributed by atoms with van der Waals surface area (Å²) in [6.07, 6.45) is 1.78. The first-order valence-corrected chi connectivity index (χ1v) is 7.51. The quantitative estimate of drug-likeness (QED) is 0.568. The van der Waals surface area contributed by atoms with Gasteiger partial charge in [-0.25, -0.2) is 5.43 Å². The van der Waals surface area contributed by atoms with Crippen molar-refractivity contribution in [3.05, 3.63) is 63.7 Å². The minimum atomic E-state index is -0.127. The van der Waals surface area contributed by atoms with Gasteiger partial charge >= 0.3 is 0 Å². The molecule has 0 fully saturated rings. The molecule has 3 aromatic rings. The summed E-state index contributed by atoms with van der Waals surface area (Å²) in [6, 6.07) is 12.1. The highest BCUT2D eigenvalue weighted by Gasteiger charge is 2.19. The van der Waals surface area contributed by atoms with Crippen LogP contribution >= 0.6 is 27.3 Å². The van der Waals surface area contributed by atoms with Crippen LogP contribution in [0.25, 0.3) is 10.1 Å². The predicted molar refractivity (Wildman–Crippen MR) is 82.9 cm³/mol. The summed E-state index contributed by atoms with van der Waals surface area (Å²) in [5.41, 5.74) is 4.91. The molecule has 0 aliphatic heterocycles. The molecule has 3 nitrogen and oxygen atoms in total. The summed E-state index contributed by atoms with van der Waals surface area (Å²) in [4.78, 5) is 4.43. The monoisotopic (exact) mass is 333 g/mol. The van der Waals surface area contributed by atoms with E-state index in [9.17, 15) is 0 Å². The molecule has 2 aromatic heterocycles. The molecular formula is C14H12BrN3S. The van der Waals surface area contributed by atoms with Gasteiger partial charge < -0.3 is 0 Å². The fourth-order valence-electron chi connectivity index (χ4n) is 2.17. The first kappa shape index (κ1) is 12.7. The van der Waals surface area contributed by atoms with Gasteiger partial charge in [0, 0.05) is 15.4 Å². The number of fused-ring (bicyclic) bond motifs is 1. The van der Waals surface area contributed by atoms with E-state index in [1.807, 2.05) is 18.2 Å². The number of benzene rings is 1. The van der Waals surface area contributed by atoms with Gasteiger partial charge in [0.1, 0.15) is 0 Å². The molecule has 0 spiro atoms.